The summed E-state index contributed by atoms with van der Waals surface area (Å²) < 4.78 is 1.53. The molecule has 0 fully saturated rings. The van der Waals surface area contributed by atoms with Gasteiger partial charge in [0.2, 0.25) is 0 Å². The van der Waals surface area contributed by atoms with Crippen LogP contribution in [0.2, 0.25) is 0 Å². The van der Waals surface area contributed by atoms with Crippen LogP contribution in [0.4, 0.5) is 0 Å². The van der Waals surface area contributed by atoms with Crippen LogP contribution in [-0.4, -0.2) is 32.4 Å². The summed E-state index contributed by atoms with van der Waals surface area (Å²) >= 11 is 0. The zero-order valence-corrected chi connectivity index (χ0v) is 14.9. The number of nitrogens with one attached hydrogen (secondary N) is 1. The van der Waals surface area contributed by atoms with Crippen LogP contribution >= 0.6 is 0 Å². The topological polar surface area (TPSA) is 98.7 Å². The summed E-state index contributed by atoms with van der Waals surface area (Å²) in [5.41, 5.74) is 9.47. The summed E-state index contributed by atoms with van der Waals surface area (Å²) in [6.07, 6.45) is 2.41. The fourth-order valence-corrected chi connectivity index (χ4v) is 2.69. The number of aryl methyl sites for hydroxylation is 1. The third-order valence-electron chi connectivity index (χ3n) is 4.18. The van der Waals surface area contributed by atoms with Crippen molar-refractivity contribution in [3.05, 3.63) is 71.3 Å². The molecule has 0 aliphatic heterocycles. The second-order valence-electron chi connectivity index (χ2n) is 6.20. The second-order valence-corrected chi connectivity index (χ2v) is 6.20. The third kappa shape index (κ3) is 4.31. The lowest BCUT2D eigenvalue weighted by Gasteiger charge is -2.14. The number of carbonyl (C=O) groups excluding carboxylic acids is 1. The molecule has 3 N–H and O–H groups in total. The summed E-state index contributed by atoms with van der Waals surface area (Å²) in [5, 5.41) is 11.2. The minimum absolute atomic E-state index is 0.147. The Kier molecular flexibility index (Phi) is 5.38. The number of pyridine rings is 1. The molecular weight excluding hydrogens is 328 g/mol. The molecule has 3 aromatic rings. The average Bonchev–Trinajstić information content (AvgIpc) is 3.12. The molecule has 1 amide bonds. The minimum Gasteiger partial charge on any atom is -0.364 e. The SMILES string of the molecule is Cc1cccc(CCNC(C)c2ccc(-n3cc(C(N)=O)nn3)cc2)n1. The van der Waals surface area contributed by atoms with Gasteiger partial charge in [-0.25, -0.2) is 4.68 Å². The molecule has 26 heavy (non-hydrogen) atoms. The maximum atomic E-state index is 11.1. The zero-order chi connectivity index (χ0) is 18.5. The molecule has 0 saturated carbocycles. The van der Waals surface area contributed by atoms with Crippen LogP contribution in [0.5, 0.6) is 0 Å². The van der Waals surface area contributed by atoms with E-state index in [2.05, 4.69) is 27.5 Å². The summed E-state index contributed by atoms with van der Waals surface area (Å²) in [6, 6.07) is 14.2. The third-order valence-corrected chi connectivity index (χ3v) is 4.18. The van der Waals surface area contributed by atoms with Crippen molar-refractivity contribution < 1.29 is 4.79 Å². The van der Waals surface area contributed by atoms with Crippen LogP contribution < -0.4 is 11.1 Å². The van der Waals surface area contributed by atoms with E-state index in [4.69, 9.17) is 5.73 Å². The molecule has 0 bridgehead atoms. The molecule has 0 aliphatic carbocycles. The number of benzene rings is 1. The normalized spacial score (nSPS) is 12.1. The Morgan fingerprint density at radius 3 is 2.65 bits per heavy atom. The maximum absolute atomic E-state index is 11.1. The molecule has 2 aromatic heterocycles. The summed E-state index contributed by atoms with van der Waals surface area (Å²) in [5.74, 6) is -0.589. The predicted octanol–water partition coefficient (Wildman–Crippen LogP) is 1.96. The first-order valence-electron chi connectivity index (χ1n) is 8.51. The first-order chi connectivity index (χ1) is 12.5. The Balaban J connectivity index is 1.57. The minimum atomic E-state index is -0.589. The van der Waals surface area contributed by atoms with E-state index in [-0.39, 0.29) is 11.7 Å². The van der Waals surface area contributed by atoms with E-state index in [1.807, 2.05) is 49.4 Å². The van der Waals surface area contributed by atoms with Gasteiger partial charge in [0, 0.05) is 30.4 Å². The van der Waals surface area contributed by atoms with Crippen LogP contribution in [0.15, 0.2) is 48.7 Å². The number of nitrogens with zero attached hydrogens (tertiary/aromatic N) is 4. The Hall–Kier alpha value is -3.06. The molecule has 7 heteroatoms. The number of primary amides is 1. The quantitative estimate of drug-likeness (QED) is 0.679. The monoisotopic (exact) mass is 350 g/mol. The van der Waals surface area contributed by atoms with Gasteiger partial charge in [-0.05, 0) is 43.7 Å². The number of nitrogens with two attached hydrogens (primary N) is 1. The molecule has 1 atom stereocenters. The fourth-order valence-electron chi connectivity index (χ4n) is 2.69. The van der Waals surface area contributed by atoms with Crippen molar-refractivity contribution in [1.82, 2.24) is 25.3 Å². The number of carbonyl (C=O) groups is 1. The van der Waals surface area contributed by atoms with Crippen LogP contribution in [0.1, 0.15) is 40.4 Å². The lowest BCUT2D eigenvalue weighted by Crippen LogP contribution is -2.21. The molecule has 0 radical (unpaired) electrons. The molecule has 2 heterocycles. The highest BCUT2D eigenvalue weighted by Gasteiger charge is 2.09. The van der Waals surface area contributed by atoms with Crippen molar-refractivity contribution in [2.45, 2.75) is 26.3 Å². The Bertz CT molecular complexity index is 887. The van der Waals surface area contributed by atoms with E-state index in [1.165, 1.54) is 16.4 Å². The smallest absolute Gasteiger partial charge is 0.270 e. The van der Waals surface area contributed by atoms with E-state index in [0.717, 1.165) is 30.0 Å². The Morgan fingerprint density at radius 2 is 2.00 bits per heavy atom. The van der Waals surface area contributed by atoms with Crippen molar-refractivity contribution in [1.29, 1.82) is 0 Å². The fraction of sp³-hybridized carbons (Fsp3) is 0.263. The van der Waals surface area contributed by atoms with Gasteiger partial charge in [-0.15, -0.1) is 5.10 Å². The van der Waals surface area contributed by atoms with Gasteiger partial charge in [0.1, 0.15) is 0 Å². The van der Waals surface area contributed by atoms with Crippen molar-refractivity contribution in [2.24, 2.45) is 5.73 Å². The average molecular weight is 350 g/mol. The van der Waals surface area contributed by atoms with Crippen molar-refractivity contribution in [2.75, 3.05) is 6.54 Å². The number of amides is 1. The summed E-state index contributed by atoms with van der Waals surface area (Å²) in [7, 11) is 0. The zero-order valence-electron chi connectivity index (χ0n) is 14.9. The molecule has 1 aromatic carbocycles. The first kappa shape index (κ1) is 17.8. The highest BCUT2D eigenvalue weighted by atomic mass is 16.1. The van der Waals surface area contributed by atoms with Gasteiger partial charge in [-0.3, -0.25) is 9.78 Å². The molecule has 0 spiro atoms. The molecule has 3 rings (SSSR count). The van der Waals surface area contributed by atoms with Gasteiger partial charge in [-0.1, -0.05) is 23.4 Å². The predicted molar refractivity (Wildman–Crippen MR) is 99.0 cm³/mol. The number of rotatable bonds is 7. The second kappa shape index (κ2) is 7.88. The van der Waals surface area contributed by atoms with Crippen molar-refractivity contribution in [3.8, 4) is 5.69 Å². The highest BCUT2D eigenvalue weighted by Crippen LogP contribution is 2.15. The van der Waals surface area contributed by atoms with Crippen molar-refractivity contribution in [3.63, 3.8) is 0 Å². The lowest BCUT2D eigenvalue weighted by atomic mass is 10.1. The van der Waals surface area contributed by atoms with Crippen LogP contribution in [0, 0.1) is 6.92 Å². The van der Waals surface area contributed by atoms with Crippen LogP contribution in [0.25, 0.3) is 5.69 Å². The largest absolute Gasteiger partial charge is 0.364 e. The van der Waals surface area contributed by atoms with E-state index in [9.17, 15) is 4.79 Å². The number of hydrogen-bond donors (Lipinski definition) is 2. The van der Waals surface area contributed by atoms with Gasteiger partial charge < -0.3 is 11.1 Å². The van der Waals surface area contributed by atoms with E-state index < -0.39 is 5.91 Å². The molecule has 7 nitrogen and oxygen atoms in total. The Labute approximate surface area is 152 Å². The van der Waals surface area contributed by atoms with Gasteiger partial charge in [-0.2, -0.15) is 0 Å². The van der Waals surface area contributed by atoms with Crippen LogP contribution in [0.3, 0.4) is 0 Å². The number of hydrogen-bond acceptors (Lipinski definition) is 5. The van der Waals surface area contributed by atoms with E-state index in [0.29, 0.717) is 0 Å². The van der Waals surface area contributed by atoms with Gasteiger partial charge in [0.25, 0.3) is 5.91 Å². The standard InChI is InChI=1S/C19H22N6O/c1-13-4-3-5-16(22-13)10-11-21-14(2)15-6-8-17(9-7-15)25-12-18(19(20)26)23-24-25/h3-9,12,14,21H,10-11H2,1-2H3,(H2,20,26). The molecule has 1 unspecified atom stereocenters. The Morgan fingerprint density at radius 1 is 1.23 bits per heavy atom. The molecule has 0 saturated heterocycles. The van der Waals surface area contributed by atoms with Crippen molar-refractivity contribution >= 4 is 5.91 Å². The number of aromatic nitrogens is 4. The van der Waals surface area contributed by atoms with Crippen LogP contribution in [-0.2, 0) is 6.42 Å². The van der Waals surface area contributed by atoms with E-state index in [1.54, 1.807) is 0 Å². The summed E-state index contributed by atoms with van der Waals surface area (Å²) in [4.78, 5) is 15.6. The molecule has 134 valence electrons. The lowest BCUT2D eigenvalue weighted by molar-refractivity contribution is 0.0995. The van der Waals surface area contributed by atoms with Gasteiger partial charge >= 0.3 is 0 Å². The van der Waals surface area contributed by atoms with E-state index >= 15 is 0 Å². The van der Waals surface area contributed by atoms with Gasteiger partial charge in [0.05, 0.1) is 11.9 Å². The molecular formula is C19H22N6O. The highest BCUT2D eigenvalue weighted by molar-refractivity contribution is 5.90. The first-order valence-corrected chi connectivity index (χ1v) is 8.51. The van der Waals surface area contributed by atoms with Gasteiger partial charge in [0.15, 0.2) is 5.69 Å². The molecule has 0 aliphatic rings. The maximum Gasteiger partial charge on any atom is 0.270 e. The summed E-state index contributed by atoms with van der Waals surface area (Å²) in [6.45, 7) is 4.98.